The highest BCUT2D eigenvalue weighted by Gasteiger charge is 2.10. The van der Waals surface area contributed by atoms with Crippen LogP contribution in [0.5, 0.6) is 0 Å². The van der Waals surface area contributed by atoms with Crippen LogP contribution >= 0.6 is 0 Å². The molecule has 0 radical (unpaired) electrons. The van der Waals surface area contributed by atoms with Crippen LogP contribution < -0.4 is 5.73 Å². The van der Waals surface area contributed by atoms with Gasteiger partial charge in [0.2, 0.25) is 0 Å². The van der Waals surface area contributed by atoms with Crippen molar-refractivity contribution in [1.82, 2.24) is 15.0 Å². The van der Waals surface area contributed by atoms with E-state index in [4.69, 9.17) is 5.73 Å². The molecule has 0 aliphatic carbocycles. The first-order chi connectivity index (χ1) is 9.29. The molecule has 4 heteroatoms. The number of pyridine rings is 1. The number of hydrogen-bond acceptors (Lipinski definition) is 4. The van der Waals surface area contributed by atoms with Gasteiger partial charge in [0.1, 0.15) is 12.1 Å². The number of rotatable bonds is 2. The smallest absolute Gasteiger partial charge is 0.130 e. The highest BCUT2D eigenvalue weighted by Crippen LogP contribution is 2.26. The van der Waals surface area contributed by atoms with E-state index in [0.29, 0.717) is 5.82 Å². The quantitative estimate of drug-likeness (QED) is 0.759. The molecule has 0 unspecified atom stereocenters. The second-order valence-electron chi connectivity index (χ2n) is 4.36. The minimum Gasteiger partial charge on any atom is -0.383 e. The van der Waals surface area contributed by atoms with Crippen LogP contribution in [0.3, 0.4) is 0 Å². The Hall–Kier alpha value is -2.49. The average molecular weight is 250 g/mol. The van der Waals surface area contributed by atoms with Crippen LogP contribution in [0.15, 0.2) is 42.9 Å². The fourth-order valence-electron chi connectivity index (χ4n) is 2.22. The standard InChI is InChI=1S/C15H14N4/c1-2-12-14(18-9-19-15(12)16)11-7-10-5-3-4-6-13(10)17-8-11/h3-9H,2H2,1H3,(H2,16,18,19). The Morgan fingerprint density at radius 3 is 2.79 bits per heavy atom. The molecule has 0 aliphatic heterocycles. The van der Waals surface area contributed by atoms with Gasteiger partial charge in [-0.3, -0.25) is 4.98 Å². The molecule has 3 aromatic rings. The van der Waals surface area contributed by atoms with Crippen LogP contribution in [0, 0.1) is 0 Å². The van der Waals surface area contributed by atoms with Crippen molar-refractivity contribution in [2.45, 2.75) is 13.3 Å². The lowest BCUT2D eigenvalue weighted by Gasteiger charge is -2.09. The van der Waals surface area contributed by atoms with E-state index in [1.54, 1.807) is 0 Å². The van der Waals surface area contributed by atoms with Gasteiger partial charge < -0.3 is 5.73 Å². The lowest BCUT2D eigenvalue weighted by atomic mass is 10.0. The molecule has 0 atom stereocenters. The van der Waals surface area contributed by atoms with Gasteiger partial charge in [-0.25, -0.2) is 9.97 Å². The number of para-hydroxylation sites is 1. The van der Waals surface area contributed by atoms with E-state index in [2.05, 4.69) is 21.0 Å². The summed E-state index contributed by atoms with van der Waals surface area (Å²) in [6.45, 7) is 2.05. The molecule has 0 saturated carbocycles. The van der Waals surface area contributed by atoms with Crippen molar-refractivity contribution in [3.8, 4) is 11.3 Å². The summed E-state index contributed by atoms with van der Waals surface area (Å²) < 4.78 is 0. The van der Waals surface area contributed by atoms with Crippen molar-refractivity contribution in [2.24, 2.45) is 0 Å². The first-order valence-corrected chi connectivity index (χ1v) is 6.24. The first-order valence-electron chi connectivity index (χ1n) is 6.24. The van der Waals surface area contributed by atoms with Crippen molar-refractivity contribution in [1.29, 1.82) is 0 Å². The Morgan fingerprint density at radius 2 is 1.95 bits per heavy atom. The summed E-state index contributed by atoms with van der Waals surface area (Å²) in [6.07, 6.45) is 4.14. The number of nitrogen functional groups attached to an aromatic ring is 1. The molecular formula is C15H14N4. The maximum Gasteiger partial charge on any atom is 0.130 e. The highest BCUT2D eigenvalue weighted by molar-refractivity contribution is 5.83. The second-order valence-corrected chi connectivity index (χ2v) is 4.36. The molecule has 0 aliphatic rings. The fourth-order valence-corrected chi connectivity index (χ4v) is 2.22. The lowest BCUT2D eigenvalue weighted by Crippen LogP contribution is -2.01. The zero-order valence-corrected chi connectivity index (χ0v) is 10.7. The van der Waals surface area contributed by atoms with Crippen LogP contribution in [0.4, 0.5) is 5.82 Å². The number of nitrogens with zero attached hydrogens (tertiary/aromatic N) is 3. The topological polar surface area (TPSA) is 64.7 Å². The SMILES string of the molecule is CCc1c(N)ncnc1-c1cnc2ccccc2c1. The van der Waals surface area contributed by atoms with Crippen molar-refractivity contribution in [3.63, 3.8) is 0 Å². The molecule has 0 fully saturated rings. The zero-order chi connectivity index (χ0) is 13.2. The third-order valence-corrected chi connectivity index (χ3v) is 3.20. The summed E-state index contributed by atoms with van der Waals surface area (Å²) in [5.41, 5.74) is 9.71. The maximum absolute atomic E-state index is 5.91. The van der Waals surface area contributed by atoms with Crippen LogP contribution in [0.25, 0.3) is 22.2 Å². The van der Waals surface area contributed by atoms with Crippen LogP contribution in [0.1, 0.15) is 12.5 Å². The number of aromatic nitrogens is 3. The Morgan fingerprint density at radius 1 is 1.11 bits per heavy atom. The van der Waals surface area contributed by atoms with Crippen molar-refractivity contribution in [2.75, 3.05) is 5.73 Å². The number of nitrogens with two attached hydrogens (primary N) is 1. The average Bonchev–Trinajstić information content (AvgIpc) is 2.46. The van der Waals surface area contributed by atoms with E-state index in [-0.39, 0.29) is 0 Å². The van der Waals surface area contributed by atoms with Crippen molar-refractivity contribution in [3.05, 3.63) is 48.4 Å². The molecule has 94 valence electrons. The summed E-state index contributed by atoms with van der Waals surface area (Å²) in [4.78, 5) is 12.9. The molecule has 0 bridgehead atoms. The number of benzene rings is 1. The third-order valence-electron chi connectivity index (χ3n) is 3.20. The van der Waals surface area contributed by atoms with E-state index in [1.165, 1.54) is 6.33 Å². The van der Waals surface area contributed by atoms with Gasteiger partial charge in [-0.1, -0.05) is 25.1 Å². The maximum atomic E-state index is 5.91. The largest absolute Gasteiger partial charge is 0.383 e. The normalized spacial score (nSPS) is 10.8. The van der Waals surface area contributed by atoms with Gasteiger partial charge in [-0.05, 0) is 18.6 Å². The predicted molar refractivity (Wildman–Crippen MR) is 76.6 cm³/mol. The minimum absolute atomic E-state index is 0.542. The first kappa shape index (κ1) is 11.6. The van der Waals surface area contributed by atoms with E-state index in [0.717, 1.165) is 34.1 Å². The Balaban J connectivity index is 2.22. The summed E-state index contributed by atoms with van der Waals surface area (Å²) in [5.74, 6) is 0.542. The second kappa shape index (κ2) is 4.65. The lowest BCUT2D eigenvalue weighted by molar-refractivity contribution is 1.06. The van der Waals surface area contributed by atoms with Crippen molar-refractivity contribution < 1.29 is 0 Å². The monoisotopic (exact) mass is 250 g/mol. The Kier molecular flexibility index (Phi) is 2.83. The molecule has 4 nitrogen and oxygen atoms in total. The third kappa shape index (κ3) is 2.01. The van der Waals surface area contributed by atoms with Gasteiger partial charge in [0, 0.05) is 22.7 Å². The summed E-state index contributed by atoms with van der Waals surface area (Å²) in [7, 11) is 0. The predicted octanol–water partition coefficient (Wildman–Crippen LogP) is 2.84. The molecule has 3 rings (SSSR count). The fraction of sp³-hybridized carbons (Fsp3) is 0.133. The van der Waals surface area contributed by atoms with E-state index in [1.807, 2.05) is 37.4 Å². The van der Waals surface area contributed by atoms with Gasteiger partial charge in [0.25, 0.3) is 0 Å². The van der Waals surface area contributed by atoms with Gasteiger partial charge in [0.05, 0.1) is 11.2 Å². The van der Waals surface area contributed by atoms with E-state index >= 15 is 0 Å². The van der Waals surface area contributed by atoms with Gasteiger partial charge in [-0.2, -0.15) is 0 Å². The molecular weight excluding hydrogens is 236 g/mol. The molecule has 2 heterocycles. The molecule has 2 N–H and O–H groups in total. The number of anilines is 1. The molecule has 19 heavy (non-hydrogen) atoms. The summed E-state index contributed by atoms with van der Waals surface area (Å²) in [6, 6.07) is 10.1. The number of hydrogen-bond donors (Lipinski definition) is 1. The van der Waals surface area contributed by atoms with E-state index in [9.17, 15) is 0 Å². The summed E-state index contributed by atoms with van der Waals surface area (Å²) >= 11 is 0. The highest BCUT2D eigenvalue weighted by atomic mass is 14.9. The van der Waals surface area contributed by atoms with Crippen LogP contribution in [-0.4, -0.2) is 15.0 Å². The van der Waals surface area contributed by atoms with Gasteiger partial charge in [-0.15, -0.1) is 0 Å². The van der Waals surface area contributed by atoms with Crippen molar-refractivity contribution >= 4 is 16.7 Å². The van der Waals surface area contributed by atoms with Crippen LogP contribution in [-0.2, 0) is 6.42 Å². The summed E-state index contributed by atoms with van der Waals surface area (Å²) in [5, 5.41) is 1.10. The van der Waals surface area contributed by atoms with Gasteiger partial charge in [0.15, 0.2) is 0 Å². The number of fused-ring (bicyclic) bond motifs is 1. The Bertz CT molecular complexity index is 737. The molecule has 0 amide bonds. The minimum atomic E-state index is 0.542. The molecule has 2 aromatic heterocycles. The van der Waals surface area contributed by atoms with Gasteiger partial charge >= 0.3 is 0 Å². The molecule has 1 aromatic carbocycles. The van der Waals surface area contributed by atoms with Crippen LogP contribution in [0.2, 0.25) is 0 Å². The molecule has 0 saturated heterocycles. The zero-order valence-electron chi connectivity index (χ0n) is 10.7. The Labute approximate surface area is 111 Å². The molecule has 0 spiro atoms. The van der Waals surface area contributed by atoms with E-state index < -0.39 is 0 Å².